The van der Waals surface area contributed by atoms with Gasteiger partial charge in [0.15, 0.2) is 0 Å². The van der Waals surface area contributed by atoms with Crippen molar-refractivity contribution >= 4 is 27.7 Å². The van der Waals surface area contributed by atoms with E-state index in [0.717, 1.165) is 16.6 Å². The van der Waals surface area contributed by atoms with E-state index in [2.05, 4.69) is 58.4 Å². The van der Waals surface area contributed by atoms with E-state index in [1.54, 1.807) is 0 Å². The minimum atomic E-state index is 0.690. The molecule has 0 unspecified atom stereocenters. The highest BCUT2D eigenvalue weighted by molar-refractivity contribution is 9.10. The molecule has 0 radical (unpaired) electrons. The van der Waals surface area contributed by atoms with Crippen LogP contribution in [0.1, 0.15) is 11.1 Å². The molecule has 0 aliphatic rings. The molecule has 0 saturated heterocycles. The third-order valence-corrected chi connectivity index (χ3v) is 4.49. The van der Waals surface area contributed by atoms with Crippen molar-refractivity contribution in [2.75, 3.05) is 6.54 Å². The zero-order valence-corrected chi connectivity index (χ0v) is 12.5. The monoisotopic (exact) mass is 321 g/mol. The predicted molar refractivity (Wildman–Crippen MR) is 82.9 cm³/mol. The highest BCUT2D eigenvalue weighted by Crippen LogP contribution is 2.27. The summed E-state index contributed by atoms with van der Waals surface area (Å²) in [4.78, 5) is 1.28. The Hall–Kier alpha value is -0.770. The van der Waals surface area contributed by atoms with Crippen LogP contribution >= 0.6 is 27.7 Å². The average molecular weight is 322 g/mol. The van der Waals surface area contributed by atoms with E-state index in [9.17, 15) is 0 Å². The zero-order chi connectivity index (χ0) is 12.8. The minimum absolute atomic E-state index is 0.690. The second-order valence-corrected chi connectivity index (χ2v) is 5.97. The summed E-state index contributed by atoms with van der Waals surface area (Å²) < 4.78 is 1.16. The van der Waals surface area contributed by atoms with Crippen LogP contribution in [-0.4, -0.2) is 6.54 Å². The first kappa shape index (κ1) is 13.7. The van der Waals surface area contributed by atoms with E-state index in [4.69, 9.17) is 5.73 Å². The van der Waals surface area contributed by atoms with E-state index in [1.807, 2.05) is 17.8 Å². The van der Waals surface area contributed by atoms with Crippen molar-refractivity contribution in [2.45, 2.75) is 17.1 Å². The molecule has 2 aromatic carbocycles. The molecule has 2 N–H and O–H groups in total. The predicted octanol–water partition coefficient (Wildman–Crippen LogP) is 4.24. The summed E-state index contributed by atoms with van der Waals surface area (Å²) in [5, 5.41) is 0. The SMILES string of the molecule is NCCc1ccc(SCc2ccccc2)cc1Br. The first-order chi connectivity index (χ1) is 8.79. The summed E-state index contributed by atoms with van der Waals surface area (Å²) in [6.45, 7) is 0.690. The van der Waals surface area contributed by atoms with Crippen LogP contribution in [0.4, 0.5) is 0 Å². The number of rotatable bonds is 5. The molecule has 0 fully saturated rings. The van der Waals surface area contributed by atoms with Gasteiger partial charge in [-0.05, 0) is 36.2 Å². The Morgan fingerprint density at radius 2 is 1.83 bits per heavy atom. The molecule has 2 rings (SSSR count). The molecule has 0 aliphatic carbocycles. The van der Waals surface area contributed by atoms with Crippen molar-refractivity contribution in [1.82, 2.24) is 0 Å². The van der Waals surface area contributed by atoms with Crippen molar-refractivity contribution in [3.8, 4) is 0 Å². The molecule has 94 valence electrons. The summed E-state index contributed by atoms with van der Waals surface area (Å²) in [5.41, 5.74) is 8.21. The second kappa shape index (κ2) is 6.98. The third kappa shape index (κ3) is 3.87. The lowest BCUT2D eigenvalue weighted by molar-refractivity contribution is 0.960. The van der Waals surface area contributed by atoms with Gasteiger partial charge < -0.3 is 5.73 Å². The maximum atomic E-state index is 5.58. The van der Waals surface area contributed by atoms with Crippen molar-refractivity contribution in [2.24, 2.45) is 5.73 Å². The molecule has 0 spiro atoms. The summed E-state index contributed by atoms with van der Waals surface area (Å²) in [7, 11) is 0. The van der Waals surface area contributed by atoms with Gasteiger partial charge in [-0.1, -0.05) is 52.3 Å². The van der Waals surface area contributed by atoms with Gasteiger partial charge in [-0.15, -0.1) is 11.8 Å². The molecular formula is C15H16BrNS. The van der Waals surface area contributed by atoms with Gasteiger partial charge in [0.05, 0.1) is 0 Å². The first-order valence-electron chi connectivity index (χ1n) is 5.95. The Labute approximate surface area is 121 Å². The van der Waals surface area contributed by atoms with Crippen LogP contribution in [0.25, 0.3) is 0 Å². The topological polar surface area (TPSA) is 26.0 Å². The second-order valence-electron chi connectivity index (χ2n) is 4.07. The quantitative estimate of drug-likeness (QED) is 0.833. The van der Waals surface area contributed by atoms with Crippen LogP contribution in [0.5, 0.6) is 0 Å². The molecule has 0 aliphatic heterocycles. The van der Waals surface area contributed by atoms with Crippen LogP contribution in [0, 0.1) is 0 Å². The summed E-state index contributed by atoms with van der Waals surface area (Å²) >= 11 is 5.46. The van der Waals surface area contributed by atoms with Gasteiger partial charge in [0.25, 0.3) is 0 Å². The molecule has 2 aromatic rings. The fourth-order valence-electron chi connectivity index (χ4n) is 1.72. The lowest BCUT2D eigenvalue weighted by Gasteiger charge is -2.06. The summed E-state index contributed by atoms with van der Waals surface area (Å²) in [6, 6.07) is 17.0. The maximum Gasteiger partial charge on any atom is 0.0231 e. The van der Waals surface area contributed by atoms with Crippen LogP contribution in [0.15, 0.2) is 57.9 Å². The van der Waals surface area contributed by atoms with Crippen LogP contribution < -0.4 is 5.73 Å². The third-order valence-electron chi connectivity index (χ3n) is 2.69. The Balaban J connectivity index is 2.00. The molecule has 0 amide bonds. The van der Waals surface area contributed by atoms with E-state index < -0.39 is 0 Å². The number of halogens is 1. The Morgan fingerprint density at radius 3 is 2.50 bits per heavy atom. The lowest BCUT2D eigenvalue weighted by atomic mass is 10.1. The molecule has 1 nitrogen and oxygen atoms in total. The summed E-state index contributed by atoms with van der Waals surface area (Å²) in [5.74, 6) is 1.00. The maximum absolute atomic E-state index is 5.58. The van der Waals surface area contributed by atoms with Crippen molar-refractivity contribution < 1.29 is 0 Å². The van der Waals surface area contributed by atoms with Gasteiger partial charge in [0, 0.05) is 15.1 Å². The van der Waals surface area contributed by atoms with Crippen molar-refractivity contribution in [3.05, 3.63) is 64.1 Å². The molecule has 0 heterocycles. The van der Waals surface area contributed by atoms with Gasteiger partial charge in [-0.25, -0.2) is 0 Å². The van der Waals surface area contributed by atoms with Gasteiger partial charge >= 0.3 is 0 Å². The molecule has 0 aromatic heterocycles. The minimum Gasteiger partial charge on any atom is -0.330 e. The van der Waals surface area contributed by atoms with Gasteiger partial charge in [0.2, 0.25) is 0 Å². The number of benzene rings is 2. The molecular weight excluding hydrogens is 306 g/mol. The highest BCUT2D eigenvalue weighted by atomic mass is 79.9. The molecule has 0 atom stereocenters. The van der Waals surface area contributed by atoms with Gasteiger partial charge in [-0.3, -0.25) is 0 Å². The fourth-order valence-corrected chi connectivity index (χ4v) is 3.34. The number of thioether (sulfide) groups is 1. The number of nitrogens with two attached hydrogens (primary N) is 1. The van der Waals surface area contributed by atoms with Crippen molar-refractivity contribution in [3.63, 3.8) is 0 Å². The van der Waals surface area contributed by atoms with E-state index in [1.165, 1.54) is 16.0 Å². The van der Waals surface area contributed by atoms with E-state index in [-0.39, 0.29) is 0 Å². The Bertz CT molecular complexity index is 499. The van der Waals surface area contributed by atoms with E-state index in [0.29, 0.717) is 6.54 Å². The lowest BCUT2D eigenvalue weighted by Crippen LogP contribution is -2.03. The molecule has 0 saturated carbocycles. The smallest absolute Gasteiger partial charge is 0.0231 e. The Morgan fingerprint density at radius 1 is 1.06 bits per heavy atom. The van der Waals surface area contributed by atoms with E-state index >= 15 is 0 Å². The van der Waals surface area contributed by atoms with Gasteiger partial charge in [0.1, 0.15) is 0 Å². The highest BCUT2D eigenvalue weighted by Gasteiger charge is 2.02. The number of hydrogen-bond donors (Lipinski definition) is 1. The average Bonchev–Trinajstić information content (AvgIpc) is 2.41. The standard InChI is InChI=1S/C15H16BrNS/c16-15-10-14(7-6-13(15)8-9-17)18-11-12-4-2-1-3-5-12/h1-7,10H,8-9,11,17H2. The first-order valence-corrected chi connectivity index (χ1v) is 7.72. The van der Waals surface area contributed by atoms with Crippen LogP contribution in [0.2, 0.25) is 0 Å². The van der Waals surface area contributed by atoms with Crippen molar-refractivity contribution in [1.29, 1.82) is 0 Å². The largest absolute Gasteiger partial charge is 0.330 e. The Kier molecular flexibility index (Phi) is 5.29. The normalized spacial score (nSPS) is 10.6. The number of hydrogen-bond acceptors (Lipinski definition) is 2. The summed E-state index contributed by atoms with van der Waals surface area (Å²) in [6.07, 6.45) is 0.921. The van der Waals surface area contributed by atoms with Crippen LogP contribution in [-0.2, 0) is 12.2 Å². The molecule has 3 heteroatoms. The van der Waals surface area contributed by atoms with Gasteiger partial charge in [-0.2, -0.15) is 0 Å². The zero-order valence-electron chi connectivity index (χ0n) is 10.1. The molecule has 0 bridgehead atoms. The molecule has 18 heavy (non-hydrogen) atoms. The van der Waals surface area contributed by atoms with Crippen LogP contribution in [0.3, 0.4) is 0 Å². The fraction of sp³-hybridized carbons (Fsp3) is 0.200.